The van der Waals surface area contributed by atoms with E-state index in [0.29, 0.717) is 12.6 Å². The molecule has 0 saturated heterocycles. The normalized spacial score (nSPS) is 11.1. The van der Waals surface area contributed by atoms with Crippen molar-refractivity contribution >= 4 is 5.78 Å². The fraction of sp³-hybridized carbons (Fsp3) is 0.533. The molecular weight excluding hydrogens is 226 g/mol. The molecule has 0 heterocycles. The zero-order valence-corrected chi connectivity index (χ0v) is 11.9. The minimum absolute atomic E-state index is 0.114. The summed E-state index contributed by atoms with van der Waals surface area (Å²) in [6.07, 6.45) is 0.146. The largest absolute Gasteiger partial charge is 0.491 e. The predicted molar refractivity (Wildman–Crippen MR) is 74.4 cm³/mol. The van der Waals surface area contributed by atoms with Crippen LogP contribution in [-0.2, 0) is 0 Å². The molecule has 0 fully saturated rings. The molecule has 0 aliphatic carbocycles. The highest BCUT2D eigenvalue weighted by atomic mass is 16.5. The van der Waals surface area contributed by atoms with Crippen molar-refractivity contribution in [1.29, 1.82) is 0 Å². The summed E-state index contributed by atoms with van der Waals surface area (Å²) in [6, 6.07) is 5.91. The number of hydrogen-bond donors (Lipinski definition) is 1. The summed E-state index contributed by atoms with van der Waals surface area (Å²) in [5.41, 5.74) is 1.73. The number of hydrogen-bond acceptors (Lipinski definition) is 3. The second-order valence-electron chi connectivity index (χ2n) is 5.11. The van der Waals surface area contributed by atoms with Gasteiger partial charge < -0.3 is 10.1 Å². The molecule has 100 valence electrons. The summed E-state index contributed by atoms with van der Waals surface area (Å²) in [6.45, 7) is 10.4. The highest BCUT2D eigenvalue weighted by Crippen LogP contribution is 2.20. The highest BCUT2D eigenvalue weighted by molar-refractivity contribution is 5.97. The third-order valence-corrected chi connectivity index (χ3v) is 2.53. The lowest BCUT2D eigenvalue weighted by Crippen LogP contribution is -2.29. The van der Waals surface area contributed by atoms with Crippen LogP contribution in [0.2, 0.25) is 0 Å². The molecular formula is C15H23NO2. The molecule has 0 radical (unpaired) electrons. The van der Waals surface area contributed by atoms with Crippen LogP contribution >= 0.6 is 0 Å². The van der Waals surface area contributed by atoms with Crippen LogP contribution in [0.4, 0.5) is 0 Å². The monoisotopic (exact) mass is 249 g/mol. The molecule has 0 aliphatic rings. The van der Waals surface area contributed by atoms with Crippen LogP contribution in [0.25, 0.3) is 0 Å². The van der Waals surface area contributed by atoms with Gasteiger partial charge in [-0.15, -0.1) is 0 Å². The van der Waals surface area contributed by atoms with E-state index in [1.165, 1.54) is 0 Å². The maximum atomic E-state index is 11.9. The standard InChI is InChI=1S/C15H23NO2/c1-10(2)16-9-14(17)13-6-7-15(12(5)8-13)18-11(3)4/h6-8,10-11,16H,9H2,1-5H3. The number of ketones is 1. The molecule has 0 atom stereocenters. The number of benzene rings is 1. The van der Waals surface area contributed by atoms with Crippen LogP contribution in [0.3, 0.4) is 0 Å². The van der Waals surface area contributed by atoms with Crippen molar-refractivity contribution in [3.63, 3.8) is 0 Å². The Morgan fingerprint density at radius 2 is 1.94 bits per heavy atom. The van der Waals surface area contributed by atoms with Crippen molar-refractivity contribution in [2.45, 2.75) is 46.8 Å². The van der Waals surface area contributed by atoms with Crippen molar-refractivity contribution in [3.8, 4) is 5.75 Å². The van der Waals surface area contributed by atoms with Crippen LogP contribution in [0.1, 0.15) is 43.6 Å². The summed E-state index contributed by atoms with van der Waals surface area (Å²) in [4.78, 5) is 11.9. The number of Topliss-reactive ketones (excluding diaryl/α,β-unsaturated/α-hetero) is 1. The summed E-state index contributed by atoms with van der Waals surface area (Å²) < 4.78 is 5.65. The molecule has 0 saturated carbocycles. The molecule has 0 aromatic heterocycles. The highest BCUT2D eigenvalue weighted by Gasteiger charge is 2.09. The van der Waals surface area contributed by atoms with Crippen molar-refractivity contribution < 1.29 is 9.53 Å². The lowest BCUT2D eigenvalue weighted by Gasteiger charge is -2.13. The molecule has 3 heteroatoms. The Kier molecular flexibility index (Phi) is 5.35. The average molecular weight is 249 g/mol. The van der Waals surface area contributed by atoms with Gasteiger partial charge in [0.1, 0.15) is 5.75 Å². The van der Waals surface area contributed by atoms with Crippen LogP contribution in [-0.4, -0.2) is 24.5 Å². The maximum Gasteiger partial charge on any atom is 0.176 e. The van der Waals surface area contributed by atoms with Gasteiger partial charge in [0.15, 0.2) is 5.78 Å². The fourth-order valence-corrected chi connectivity index (χ4v) is 1.61. The van der Waals surface area contributed by atoms with E-state index in [0.717, 1.165) is 16.9 Å². The van der Waals surface area contributed by atoms with Gasteiger partial charge in [0, 0.05) is 11.6 Å². The topological polar surface area (TPSA) is 38.3 Å². The third kappa shape index (κ3) is 4.49. The average Bonchev–Trinajstić information content (AvgIpc) is 2.28. The molecule has 0 bridgehead atoms. The Morgan fingerprint density at radius 1 is 1.28 bits per heavy atom. The van der Waals surface area contributed by atoms with Gasteiger partial charge in [-0.05, 0) is 44.5 Å². The lowest BCUT2D eigenvalue weighted by molar-refractivity contribution is 0.0988. The van der Waals surface area contributed by atoms with E-state index >= 15 is 0 Å². The third-order valence-electron chi connectivity index (χ3n) is 2.53. The van der Waals surface area contributed by atoms with E-state index in [-0.39, 0.29) is 11.9 Å². The quantitative estimate of drug-likeness (QED) is 0.788. The molecule has 0 aliphatic heterocycles. The van der Waals surface area contributed by atoms with Crippen molar-refractivity contribution in [2.24, 2.45) is 0 Å². The molecule has 1 aromatic rings. The van der Waals surface area contributed by atoms with E-state index < -0.39 is 0 Å². The Morgan fingerprint density at radius 3 is 2.44 bits per heavy atom. The SMILES string of the molecule is Cc1cc(C(=O)CNC(C)C)ccc1OC(C)C. The van der Waals surface area contributed by atoms with E-state index in [4.69, 9.17) is 4.74 Å². The zero-order valence-electron chi connectivity index (χ0n) is 11.9. The van der Waals surface area contributed by atoms with Gasteiger partial charge in [-0.3, -0.25) is 4.79 Å². The van der Waals surface area contributed by atoms with Gasteiger partial charge in [-0.2, -0.15) is 0 Å². The minimum Gasteiger partial charge on any atom is -0.491 e. The van der Waals surface area contributed by atoms with Gasteiger partial charge in [0.25, 0.3) is 0 Å². The Bertz CT molecular complexity index is 411. The molecule has 0 amide bonds. The van der Waals surface area contributed by atoms with Gasteiger partial charge in [0.05, 0.1) is 12.6 Å². The first-order chi connectivity index (χ1) is 8.40. The van der Waals surface area contributed by atoms with E-state index in [1.807, 2.05) is 52.8 Å². The number of carbonyl (C=O) groups is 1. The minimum atomic E-state index is 0.114. The Hall–Kier alpha value is -1.35. The second kappa shape index (κ2) is 6.55. The van der Waals surface area contributed by atoms with Gasteiger partial charge in [-0.1, -0.05) is 13.8 Å². The molecule has 0 spiro atoms. The maximum absolute atomic E-state index is 11.9. The van der Waals surface area contributed by atoms with E-state index in [1.54, 1.807) is 0 Å². The van der Waals surface area contributed by atoms with E-state index in [9.17, 15) is 4.79 Å². The predicted octanol–water partition coefficient (Wildman–Crippen LogP) is 2.96. The first-order valence-corrected chi connectivity index (χ1v) is 6.44. The summed E-state index contributed by atoms with van der Waals surface area (Å²) >= 11 is 0. The summed E-state index contributed by atoms with van der Waals surface area (Å²) in [5.74, 6) is 0.960. The van der Waals surface area contributed by atoms with Crippen LogP contribution in [0.15, 0.2) is 18.2 Å². The summed E-state index contributed by atoms with van der Waals surface area (Å²) in [7, 11) is 0. The molecule has 0 unspecified atom stereocenters. The van der Waals surface area contributed by atoms with Gasteiger partial charge >= 0.3 is 0 Å². The summed E-state index contributed by atoms with van der Waals surface area (Å²) in [5, 5.41) is 3.13. The molecule has 1 rings (SSSR count). The van der Waals surface area contributed by atoms with Crippen molar-refractivity contribution in [1.82, 2.24) is 5.32 Å². The van der Waals surface area contributed by atoms with Crippen LogP contribution < -0.4 is 10.1 Å². The van der Waals surface area contributed by atoms with Gasteiger partial charge in [-0.25, -0.2) is 0 Å². The number of carbonyl (C=O) groups excluding carboxylic acids is 1. The Balaban J connectivity index is 2.74. The molecule has 18 heavy (non-hydrogen) atoms. The molecule has 1 N–H and O–H groups in total. The smallest absolute Gasteiger partial charge is 0.176 e. The lowest BCUT2D eigenvalue weighted by atomic mass is 10.1. The number of rotatable bonds is 6. The number of nitrogens with one attached hydrogen (secondary N) is 1. The van der Waals surface area contributed by atoms with Crippen molar-refractivity contribution in [3.05, 3.63) is 29.3 Å². The van der Waals surface area contributed by atoms with E-state index in [2.05, 4.69) is 5.32 Å². The first-order valence-electron chi connectivity index (χ1n) is 6.44. The first kappa shape index (κ1) is 14.7. The van der Waals surface area contributed by atoms with Crippen LogP contribution in [0, 0.1) is 6.92 Å². The number of ether oxygens (including phenoxy) is 1. The second-order valence-corrected chi connectivity index (χ2v) is 5.11. The molecule has 1 aromatic carbocycles. The van der Waals surface area contributed by atoms with Crippen LogP contribution in [0.5, 0.6) is 5.75 Å². The van der Waals surface area contributed by atoms with Crippen molar-refractivity contribution in [2.75, 3.05) is 6.54 Å². The zero-order chi connectivity index (χ0) is 13.7. The molecule has 3 nitrogen and oxygen atoms in total. The number of aryl methyl sites for hydroxylation is 1. The Labute approximate surface area is 110 Å². The van der Waals surface area contributed by atoms with Gasteiger partial charge in [0.2, 0.25) is 0 Å². The fourth-order valence-electron chi connectivity index (χ4n) is 1.61.